The average Bonchev–Trinajstić information content (AvgIpc) is 3.35. The highest BCUT2D eigenvalue weighted by molar-refractivity contribution is 7.99. The smallest absolute Gasteiger partial charge is 0.263 e. The molecule has 7 nitrogen and oxygen atoms in total. The molecule has 0 saturated carbocycles. The summed E-state index contributed by atoms with van der Waals surface area (Å²) in [7, 11) is 0. The van der Waals surface area contributed by atoms with Crippen LogP contribution in [-0.2, 0) is 24.2 Å². The van der Waals surface area contributed by atoms with E-state index in [9.17, 15) is 9.59 Å². The van der Waals surface area contributed by atoms with Gasteiger partial charge in [-0.05, 0) is 43.9 Å². The van der Waals surface area contributed by atoms with E-state index < -0.39 is 0 Å². The fourth-order valence-electron chi connectivity index (χ4n) is 4.03. The summed E-state index contributed by atoms with van der Waals surface area (Å²) in [6.07, 6.45) is 3.04. The van der Waals surface area contributed by atoms with Gasteiger partial charge in [0, 0.05) is 23.2 Å². The highest BCUT2D eigenvalue weighted by Crippen LogP contribution is 2.36. The Morgan fingerprint density at radius 2 is 2.09 bits per heavy atom. The van der Waals surface area contributed by atoms with Gasteiger partial charge in [0.2, 0.25) is 5.91 Å². The second-order valence-corrected chi connectivity index (χ2v) is 10.0. The van der Waals surface area contributed by atoms with Crippen molar-refractivity contribution in [3.8, 4) is 11.5 Å². The van der Waals surface area contributed by atoms with Crippen LogP contribution in [0.2, 0.25) is 0 Å². The summed E-state index contributed by atoms with van der Waals surface area (Å²) in [4.78, 5) is 32.8. The second-order valence-electron chi connectivity index (χ2n) is 7.98. The number of aryl methyl sites for hydroxylation is 2. The highest BCUT2D eigenvalue weighted by atomic mass is 32.2. The normalized spacial score (nSPS) is 14.4. The number of rotatable bonds is 6. The van der Waals surface area contributed by atoms with Crippen LogP contribution in [0.1, 0.15) is 23.8 Å². The third-order valence-electron chi connectivity index (χ3n) is 5.38. The minimum absolute atomic E-state index is 0.0351. The van der Waals surface area contributed by atoms with Crippen LogP contribution in [0.5, 0.6) is 11.5 Å². The quantitative estimate of drug-likeness (QED) is 0.334. The molecule has 1 aliphatic heterocycles. The Kier molecular flexibility index (Phi) is 5.69. The van der Waals surface area contributed by atoms with E-state index in [1.54, 1.807) is 34.1 Å². The van der Waals surface area contributed by atoms with Crippen molar-refractivity contribution in [1.82, 2.24) is 9.55 Å². The molecular formula is C23H23N3O4S2. The number of carbonyl (C=O) groups is 1. The van der Waals surface area contributed by atoms with Crippen molar-refractivity contribution in [2.24, 2.45) is 0 Å². The van der Waals surface area contributed by atoms with Gasteiger partial charge in [-0.1, -0.05) is 23.9 Å². The van der Waals surface area contributed by atoms with Gasteiger partial charge in [-0.3, -0.25) is 14.2 Å². The number of nitrogens with zero attached hydrogens (tertiary/aromatic N) is 2. The molecule has 0 bridgehead atoms. The lowest BCUT2D eigenvalue weighted by atomic mass is 10.2. The Morgan fingerprint density at radius 3 is 2.91 bits per heavy atom. The van der Waals surface area contributed by atoms with Gasteiger partial charge in [-0.25, -0.2) is 4.98 Å². The van der Waals surface area contributed by atoms with Crippen molar-refractivity contribution in [2.45, 2.75) is 37.9 Å². The topological polar surface area (TPSA) is 82.5 Å². The predicted molar refractivity (Wildman–Crippen MR) is 128 cm³/mol. The van der Waals surface area contributed by atoms with Crippen LogP contribution in [0.3, 0.4) is 0 Å². The van der Waals surface area contributed by atoms with Crippen molar-refractivity contribution >= 4 is 44.9 Å². The Labute approximate surface area is 193 Å². The molecule has 1 amide bonds. The molecule has 3 heterocycles. The number of anilines is 1. The number of carbonyl (C=O) groups excluding carboxylic acids is 1. The van der Waals surface area contributed by atoms with E-state index >= 15 is 0 Å². The molecule has 2 aromatic heterocycles. The number of allylic oxidation sites excluding steroid dienone is 1. The van der Waals surface area contributed by atoms with Crippen LogP contribution in [0.25, 0.3) is 10.2 Å². The number of thioether (sulfide) groups is 1. The summed E-state index contributed by atoms with van der Waals surface area (Å²) in [5.41, 5.74) is 2.62. The van der Waals surface area contributed by atoms with Gasteiger partial charge in [0.1, 0.15) is 18.0 Å². The first-order chi connectivity index (χ1) is 15.5. The van der Waals surface area contributed by atoms with Gasteiger partial charge in [-0.2, -0.15) is 0 Å². The first kappa shape index (κ1) is 21.1. The summed E-state index contributed by atoms with van der Waals surface area (Å²) in [5.74, 6) is 1.24. The lowest BCUT2D eigenvalue weighted by molar-refractivity contribution is -0.113. The van der Waals surface area contributed by atoms with Gasteiger partial charge in [0.15, 0.2) is 16.7 Å². The van der Waals surface area contributed by atoms with Crippen LogP contribution in [0, 0.1) is 0 Å². The van der Waals surface area contributed by atoms with Crippen molar-refractivity contribution in [3.63, 3.8) is 0 Å². The SMILES string of the molecule is C=C(C)Cn1c(SCC(=O)Nc2ccc3c(c2)OCCO3)nc2sc3c(c2c1=O)CCC3. The Morgan fingerprint density at radius 1 is 1.28 bits per heavy atom. The fraction of sp³-hybridized carbons (Fsp3) is 0.348. The zero-order valence-electron chi connectivity index (χ0n) is 17.7. The molecule has 0 atom stereocenters. The monoisotopic (exact) mass is 469 g/mol. The van der Waals surface area contributed by atoms with E-state index in [2.05, 4.69) is 11.9 Å². The molecule has 1 aliphatic carbocycles. The maximum absolute atomic E-state index is 13.3. The molecule has 1 aromatic carbocycles. The van der Waals surface area contributed by atoms with Crippen molar-refractivity contribution in [3.05, 3.63) is 51.1 Å². The zero-order chi connectivity index (χ0) is 22.2. The Balaban J connectivity index is 1.37. The maximum atomic E-state index is 13.3. The molecule has 0 fully saturated rings. The third kappa shape index (κ3) is 4.02. The standard InChI is InChI=1S/C23H23N3O4S2/c1-13(2)11-26-22(28)20-15-4-3-5-18(15)32-21(20)25-23(26)31-12-19(27)24-14-6-7-16-17(10-14)30-9-8-29-16/h6-7,10H,1,3-5,8-9,11-12H2,2H3,(H,24,27). The molecule has 0 radical (unpaired) electrons. The van der Waals surface area contributed by atoms with Crippen molar-refractivity contribution in [2.75, 3.05) is 24.3 Å². The molecule has 32 heavy (non-hydrogen) atoms. The number of benzene rings is 1. The number of amides is 1. The lowest BCUT2D eigenvalue weighted by Gasteiger charge is -2.19. The molecule has 1 N–H and O–H groups in total. The van der Waals surface area contributed by atoms with Gasteiger partial charge in [-0.15, -0.1) is 11.3 Å². The maximum Gasteiger partial charge on any atom is 0.263 e. The summed E-state index contributed by atoms with van der Waals surface area (Å²) in [6.45, 7) is 7.24. The van der Waals surface area contributed by atoms with E-state index in [0.29, 0.717) is 42.1 Å². The van der Waals surface area contributed by atoms with E-state index in [1.807, 2.05) is 6.92 Å². The van der Waals surface area contributed by atoms with Gasteiger partial charge >= 0.3 is 0 Å². The molecule has 3 aromatic rings. The Hall–Kier alpha value is -2.78. The predicted octanol–water partition coefficient (Wildman–Crippen LogP) is 4.02. The third-order valence-corrected chi connectivity index (χ3v) is 7.54. The second kappa shape index (κ2) is 8.63. The number of hydrogen-bond donors (Lipinski definition) is 1. The number of ether oxygens (including phenoxy) is 2. The van der Waals surface area contributed by atoms with Gasteiger partial charge in [0.05, 0.1) is 11.1 Å². The summed E-state index contributed by atoms with van der Waals surface area (Å²) >= 11 is 2.87. The van der Waals surface area contributed by atoms with E-state index in [1.165, 1.54) is 16.6 Å². The van der Waals surface area contributed by atoms with Gasteiger partial charge in [0.25, 0.3) is 5.56 Å². The minimum atomic E-state index is -0.184. The number of fused-ring (bicyclic) bond motifs is 4. The lowest BCUT2D eigenvalue weighted by Crippen LogP contribution is -2.24. The molecule has 0 unspecified atom stereocenters. The van der Waals surface area contributed by atoms with Crippen LogP contribution < -0.4 is 20.3 Å². The van der Waals surface area contributed by atoms with Crippen LogP contribution in [-0.4, -0.2) is 34.4 Å². The van der Waals surface area contributed by atoms with E-state index in [4.69, 9.17) is 14.5 Å². The summed E-state index contributed by atoms with van der Waals surface area (Å²) < 4.78 is 12.7. The minimum Gasteiger partial charge on any atom is -0.486 e. The molecule has 9 heteroatoms. The largest absolute Gasteiger partial charge is 0.486 e. The average molecular weight is 470 g/mol. The molecule has 166 valence electrons. The number of hydrogen-bond acceptors (Lipinski definition) is 7. The Bertz CT molecular complexity index is 1290. The summed E-state index contributed by atoms with van der Waals surface area (Å²) in [5, 5.41) is 4.17. The zero-order valence-corrected chi connectivity index (χ0v) is 19.4. The van der Waals surface area contributed by atoms with Crippen molar-refractivity contribution < 1.29 is 14.3 Å². The van der Waals surface area contributed by atoms with Gasteiger partial charge < -0.3 is 14.8 Å². The molecular weight excluding hydrogens is 446 g/mol. The van der Waals surface area contributed by atoms with Crippen molar-refractivity contribution in [1.29, 1.82) is 0 Å². The first-order valence-electron chi connectivity index (χ1n) is 10.5. The number of thiophene rings is 1. The first-order valence-corrected chi connectivity index (χ1v) is 12.3. The molecule has 5 rings (SSSR count). The fourth-order valence-corrected chi connectivity index (χ4v) is 6.13. The van der Waals surface area contributed by atoms with Crippen LogP contribution in [0.4, 0.5) is 5.69 Å². The van der Waals surface area contributed by atoms with Crippen LogP contribution >= 0.6 is 23.1 Å². The molecule has 0 spiro atoms. The molecule has 2 aliphatic rings. The number of aromatic nitrogens is 2. The van der Waals surface area contributed by atoms with E-state index in [0.717, 1.165) is 40.6 Å². The van der Waals surface area contributed by atoms with Crippen LogP contribution in [0.15, 0.2) is 40.3 Å². The van der Waals surface area contributed by atoms with E-state index in [-0.39, 0.29) is 17.2 Å². The summed E-state index contributed by atoms with van der Waals surface area (Å²) in [6, 6.07) is 5.32. The number of nitrogens with one attached hydrogen (secondary N) is 1. The highest BCUT2D eigenvalue weighted by Gasteiger charge is 2.23. The molecule has 0 saturated heterocycles.